The second kappa shape index (κ2) is 6.11. The summed E-state index contributed by atoms with van der Waals surface area (Å²) in [5, 5.41) is 6.59. The van der Waals surface area contributed by atoms with Crippen LogP contribution in [-0.2, 0) is 7.05 Å². The van der Waals surface area contributed by atoms with Crippen LogP contribution >= 0.6 is 0 Å². The summed E-state index contributed by atoms with van der Waals surface area (Å²) in [5.74, 6) is 0.180. The van der Waals surface area contributed by atoms with E-state index in [9.17, 15) is 9.59 Å². The number of amides is 2. The van der Waals surface area contributed by atoms with Crippen LogP contribution in [0.4, 0.5) is 5.82 Å². The minimum absolute atomic E-state index is 0.0869. The maximum atomic E-state index is 12.5. The van der Waals surface area contributed by atoms with E-state index in [2.05, 4.69) is 10.4 Å². The zero-order chi connectivity index (χ0) is 17.3. The molecule has 0 fully saturated rings. The maximum absolute atomic E-state index is 12.5. The highest BCUT2D eigenvalue weighted by atomic mass is 16.6. The monoisotopic (exact) mass is 332 g/mol. The highest BCUT2D eigenvalue weighted by Crippen LogP contribution is 2.40. The lowest BCUT2D eigenvalue weighted by atomic mass is 10.1. The van der Waals surface area contributed by atoms with Gasteiger partial charge in [0.2, 0.25) is 5.75 Å². The molecule has 2 heterocycles. The molecule has 0 atom stereocenters. The first-order valence-electron chi connectivity index (χ1n) is 7.12. The molecule has 1 aromatic heterocycles. The van der Waals surface area contributed by atoms with E-state index in [0.717, 1.165) is 0 Å². The number of hydrogen-bond acceptors (Lipinski definition) is 6. The number of fused-ring (bicyclic) bond motifs is 1. The summed E-state index contributed by atoms with van der Waals surface area (Å²) >= 11 is 0. The van der Waals surface area contributed by atoms with Gasteiger partial charge >= 0.3 is 0 Å². The van der Waals surface area contributed by atoms with Gasteiger partial charge in [-0.1, -0.05) is 0 Å². The van der Waals surface area contributed by atoms with Gasteiger partial charge in [-0.3, -0.25) is 14.3 Å². The molecule has 0 aliphatic carbocycles. The van der Waals surface area contributed by atoms with E-state index in [0.29, 0.717) is 30.5 Å². The number of nitrogens with zero attached hydrogens (tertiary/aromatic N) is 2. The predicted molar refractivity (Wildman–Crippen MR) is 83.7 cm³/mol. The molecule has 0 saturated carbocycles. The normalized spacial score (nSPS) is 12.6. The van der Waals surface area contributed by atoms with Crippen molar-refractivity contribution in [2.45, 2.75) is 0 Å². The van der Waals surface area contributed by atoms with Crippen LogP contribution in [-0.4, -0.2) is 41.9 Å². The van der Waals surface area contributed by atoms with Crippen molar-refractivity contribution in [2.24, 2.45) is 12.8 Å². The average Bonchev–Trinajstić information content (AvgIpc) is 2.94. The highest BCUT2D eigenvalue weighted by molar-refractivity contribution is 6.08. The second-order valence-corrected chi connectivity index (χ2v) is 5.09. The lowest BCUT2D eigenvalue weighted by molar-refractivity contribution is 0.100. The summed E-state index contributed by atoms with van der Waals surface area (Å²) in [6.45, 7) is 0.790. The van der Waals surface area contributed by atoms with Crippen molar-refractivity contribution in [3.8, 4) is 17.2 Å². The lowest BCUT2D eigenvalue weighted by Crippen LogP contribution is -2.19. The van der Waals surface area contributed by atoms with Gasteiger partial charge in [0.1, 0.15) is 18.8 Å². The summed E-state index contributed by atoms with van der Waals surface area (Å²) < 4.78 is 17.6. The number of primary amides is 1. The minimum Gasteiger partial charge on any atom is -0.493 e. The van der Waals surface area contributed by atoms with Gasteiger partial charge < -0.3 is 25.3 Å². The summed E-state index contributed by atoms with van der Waals surface area (Å²) in [6, 6.07) is 3.06. The summed E-state index contributed by atoms with van der Waals surface area (Å²) in [6.07, 6.45) is 1.43. The lowest BCUT2D eigenvalue weighted by Gasteiger charge is -2.21. The number of nitrogens with two attached hydrogens (primary N) is 1. The number of anilines is 1. The molecule has 0 bridgehead atoms. The van der Waals surface area contributed by atoms with Crippen molar-refractivity contribution >= 4 is 17.6 Å². The van der Waals surface area contributed by atoms with Crippen molar-refractivity contribution in [3.63, 3.8) is 0 Å². The molecule has 2 amide bonds. The third kappa shape index (κ3) is 2.83. The number of methoxy groups -OCH3 is 1. The number of nitrogens with one attached hydrogen (secondary N) is 1. The van der Waals surface area contributed by atoms with Gasteiger partial charge in [0, 0.05) is 18.8 Å². The molecule has 0 radical (unpaired) electrons. The first kappa shape index (κ1) is 15.7. The van der Waals surface area contributed by atoms with Crippen LogP contribution in [0, 0.1) is 0 Å². The van der Waals surface area contributed by atoms with Crippen LogP contribution in [0.5, 0.6) is 17.2 Å². The highest BCUT2D eigenvalue weighted by Gasteiger charge is 2.22. The number of carbonyl (C=O) groups excluding carboxylic acids is 2. The Morgan fingerprint density at radius 3 is 2.79 bits per heavy atom. The van der Waals surface area contributed by atoms with Crippen LogP contribution in [0.15, 0.2) is 18.3 Å². The van der Waals surface area contributed by atoms with Crippen molar-refractivity contribution in [1.82, 2.24) is 9.78 Å². The van der Waals surface area contributed by atoms with Crippen molar-refractivity contribution in [1.29, 1.82) is 0 Å². The molecule has 0 unspecified atom stereocenters. The van der Waals surface area contributed by atoms with Crippen LogP contribution in [0.1, 0.15) is 20.7 Å². The number of rotatable bonds is 4. The number of hydrogen-bond donors (Lipinski definition) is 2. The molecule has 9 nitrogen and oxygen atoms in total. The van der Waals surface area contributed by atoms with Gasteiger partial charge in [0.25, 0.3) is 11.8 Å². The zero-order valence-corrected chi connectivity index (χ0v) is 13.2. The molecule has 1 aliphatic rings. The van der Waals surface area contributed by atoms with Gasteiger partial charge in [0.15, 0.2) is 17.3 Å². The van der Waals surface area contributed by atoms with Crippen molar-refractivity contribution in [2.75, 3.05) is 25.6 Å². The van der Waals surface area contributed by atoms with Crippen LogP contribution in [0.3, 0.4) is 0 Å². The summed E-state index contributed by atoms with van der Waals surface area (Å²) in [5.41, 5.74) is 5.67. The second-order valence-electron chi connectivity index (χ2n) is 5.09. The van der Waals surface area contributed by atoms with E-state index in [4.69, 9.17) is 19.9 Å². The van der Waals surface area contributed by atoms with Crippen LogP contribution < -0.4 is 25.3 Å². The third-order valence-electron chi connectivity index (χ3n) is 3.42. The number of carbonyl (C=O) groups is 2. The number of ether oxygens (including phenoxy) is 3. The molecule has 2 aromatic rings. The molecule has 126 valence electrons. The number of benzene rings is 1. The zero-order valence-electron chi connectivity index (χ0n) is 13.2. The Morgan fingerprint density at radius 1 is 1.33 bits per heavy atom. The fourth-order valence-electron chi connectivity index (χ4n) is 2.35. The Morgan fingerprint density at radius 2 is 2.08 bits per heavy atom. The fourth-order valence-corrected chi connectivity index (χ4v) is 2.35. The predicted octanol–water partition coefficient (Wildman–Crippen LogP) is 0.551. The van der Waals surface area contributed by atoms with Gasteiger partial charge in [-0.25, -0.2) is 0 Å². The third-order valence-corrected chi connectivity index (χ3v) is 3.42. The molecule has 3 rings (SSSR count). The first-order valence-corrected chi connectivity index (χ1v) is 7.12. The molecule has 3 N–H and O–H groups in total. The Balaban J connectivity index is 1.92. The molecule has 1 aliphatic heterocycles. The fraction of sp³-hybridized carbons (Fsp3) is 0.267. The van der Waals surface area contributed by atoms with Gasteiger partial charge in [-0.2, -0.15) is 5.10 Å². The van der Waals surface area contributed by atoms with E-state index >= 15 is 0 Å². The molecule has 9 heteroatoms. The quantitative estimate of drug-likeness (QED) is 0.844. The minimum atomic E-state index is -0.682. The topological polar surface area (TPSA) is 118 Å². The van der Waals surface area contributed by atoms with E-state index < -0.39 is 11.8 Å². The molecule has 0 spiro atoms. The van der Waals surface area contributed by atoms with Crippen molar-refractivity contribution in [3.05, 3.63) is 29.5 Å². The summed E-state index contributed by atoms with van der Waals surface area (Å²) in [4.78, 5) is 23.9. The van der Waals surface area contributed by atoms with E-state index in [-0.39, 0.29) is 16.9 Å². The number of aromatic nitrogens is 2. The number of aryl methyl sites for hydroxylation is 1. The largest absolute Gasteiger partial charge is 0.493 e. The molecule has 24 heavy (non-hydrogen) atoms. The van der Waals surface area contributed by atoms with E-state index in [1.54, 1.807) is 13.1 Å². The van der Waals surface area contributed by atoms with Gasteiger partial charge in [0.05, 0.1) is 7.11 Å². The summed E-state index contributed by atoms with van der Waals surface area (Å²) in [7, 11) is 3.09. The smallest absolute Gasteiger partial charge is 0.257 e. The Bertz CT molecular complexity index is 797. The van der Waals surface area contributed by atoms with Crippen LogP contribution in [0.25, 0.3) is 0 Å². The van der Waals surface area contributed by atoms with E-state index in [1.807, 2.05) is 0 Å². The van der Waals surface area contributed by atoms with Gasteiger partial charge in [-0.15, -0.1) is 0 Å². The standard InChI is InChI=1S/C15H16N4O5/c1-19-7-9(13(16)20)14(18-19)17-15(21)8-5-10(22-2)12-11(6-8)23-3-4-24-12/h5-7H,3-4H2,1-2H3,(H2,16,20)(H,17,18,21). The molecule has 1 aromatic carbocycles. The average molecular weight is 332 g/mol. The van der Waals surface area contributed by atoms with Crippen LogP contribution in [0.2, 0.25) is 0 Å². The van der Waals surface area contributed by atoms with E-state index in [1.165, 1.54) is 24.1 Å². The molecule has 0 saturated heterocycles. The molecular weight excluding hydrogens is 316 g/mol. The Hall–Kier alpha value is -3.23. The van der Waals surface area contributed by atoms with Crippen molar-refractivity contribution < 1.29 is 23.8 Å². The Labute approximate surface area is 137 Å². The first-order chi connectivity index (χ1) is 11.5. The van der Waals surface area contributed by atoms with Gasteiger partial charge in [-0.05, 0) is 12.1 Å². The SMILES string of the molecule is COc1cc(C(=O)Nc2nn(C)cc2C(N)=O)cc2c1OCCO2. The Kier molecular flexibility index (Phi) is 3.98. The molecular formula is C15H16N4O5. The maximum Gasteiger partial charge on any atom is 0.257 e.